The number of para-hydroxylation sites is 2. The summed E-state index contributed by atoms with van der Waals surface area (Å²) in [6, 6.07) is 19.5. The van der Waals surface area contributed by atoms with Crippen LogP contribution in [0.5, 0.6) is 0 Å². The molecule has 2 aromatic heterocycles. The van der Waals surface area contributed by atoms with E-state index in [1.54, 1.807) is 16.8 Å². The van der Waals surface area contributed by atoms with E-state index in [9.17, 15) is 4.79 Å². The summed E-state index contributed by atoms with van der Waals surface area (Å²) in [4.78, 5) is 22.6. The van der Waals surface area contributed by atoms with Crippen LogP contribution in [0.25, 0.3) is 5.65 Å². The molecule has 2 aromatic carbocycles. The normalized spacial score (nSPS) is 11.3. The molecular weight excluding hydrogens is 360 g/mol. The molecule has 0 aliphatic heterocycles. The minimum atomic E-state index is -0.160. The lowest BCUT2D eigenvalue weighted by Crippen LogP contribution is -2.22. The average molecular weight is 382 g/mol. The highest BCUT2D eigenvalue weighted by Gasteiger charge is 2.13. The Morgan fingerprint density at radius 3 is 2.34 bits per heavy atom. The van der Waals surface area contributed by atoms with E-state index in [1.807, 2.05) is 81.4 Å². The molecule has 0 bridgehead atoms. The maximum atomic E-state index is 13.3. The summed E-state index contributed by atoms with van der Waals surface area (Å²) in [5.41, 5.74) is 5.65. The van der Waals surface area contributed by atoms with Crippen LogP contribution in [0.4, 0.5) is 17.2 Å². The fraction of sp³-hybridized carbons (Fsp3) is 0.125. The van der Waals surface area contributed by atoms with Crippen LogP contribution in [0.15, 0.2) is 76.6 Å². The SMILES string of the molecule is Cc1ccccc1N=Cc1c(Nc2ccccc2C)nc2c(C)cccn2c1=O. The molecule has 4 rings (SSSR count). The van der Waals surface area contributed by atoms with E-state index < -0.39 is 0 Å². The van der Waals surface area contributed by atoms with Crippen molar-refractivity contribution in [3.05, 3.63) is 99.5 Å². The molecule has 2 heterocycles. The van der Waals surface area contributed by atoms with Crippen LogP contribution >= 0.6 is 0 Å². The zero-order valence-corrected chi connectivity index (χ0v) is 16.7. The number of fused-ring (bicyclic) bond motifs is 1. The molecule has 0 radical (unpaired) electrons. The number of benzene rings is 2. The molecular formula is C24H22N4O. The number of aryl methyl sites for hydroxylation is 3. The van der Waals surface area contributed by atoms with Crippen molar-refractivity contribution in [1.29, 1.82) is 0 Å². The Kier molecular flexibility index (Phi) is 4.96. The molecule has 0 saturated heterocycles. The highest BCUT2D eigenvalue weighted by atomic mass is 16.1. The smallest absolute Gasteiger partial charge is 0.268 e. The van der Waals surface area contributed by atoms with Gasteiger partial charge in [-0.3, -0.25) is 14.2 Å². The second-order valence-corrected chi connectivity index (χ2v) is 7.05. The summed E-state index contributed by atoms with van der Waals surface area (Å²) in [6.07, 6.45) is 3.34. The van der Waals surface area contributed by atoms with Gasteiger partial charge in [-0.25, -0.2) is 4.98 Å². The predicted octanol–water partition coefficient (Wildman–Crippen LogP) is 5.11. The Bertz CT molecular complexity index is 1290. The molecule has 0 fully saturated rings. The molecule has 0 saturated carbocycles. The standard InChI is InChI=1S/C24H22N4O/c1-16-9-4-6-12-20(16)25-15-19-22(26-21-13-7-5-10-17(21)2)27-23-18(3)11-8-14-28(23)24(19)29/h4-15,26H,1-3H3. The van der Waals surface area contributed by atoms with Gasteiger partial charge in [0.2, 0.25) is 0 Å². The van der Waals surface area contributed by atoms with Gasteiger partial charge in [0.25, 0.3) is 5.56 Å². The third-order valence-electron chi connectivity index (χ3n) is 4.93. The van der Waals surface area contributed by atoms with Gasteiger partial charge in [-0.05, 0) is 55.7 Å². The first-order chi connectivity index (χ1) is 14.0. The van der Waals surface area contributed by atoms with E-state index in [0.717, 1.165) is 28.1 Å². The Labute approximate surface area is 169 Å². The van der Waals surface area contributed by atoms with Gasteiger partial charge in [-0.15, -0.1) is 0 Å². The number of nitrogens with zero attached hydrogens (tertiary/aromatic N) is 3. The summed E-state index contributed by atoms with van der Waals surface area (Å²) in [6.45, 7) is 5.96. The van der Waals surface area contributed by atoms with Crippen molar-refractivity contribution in [1.82, 2.24) is 9.38 Å². The average Bonchev–Trinajstić information content (AvgIpc) is 2.71. The van der Waals surface area contributed by atoms with Gasteiger partial charge in [0.15, 0.2) is 0 Å². The number of hydrogen-bond acceptors (Lipinski definition) is 4. The number of rotatable bonds is 4. The third kappa shape index (κ3) is 3.67. The van der Waals surface area contributed by atoms with E-state index in [1.165, 1.54) is 0 Å². The maximum absolute atomic E-state index is 13.3. The Balaban J connectivity index is 1.91. The molecule has 0 atom stereocenters. The summed E-state index contributed by atoms with van der Waals surface area (Å²) in [5.74, 6) is 0.496. The largest absolute Gasteiger partial charge is 0.339 e. The van der Waals surface area contributed by atoms with Crippen molar-refractivity contribution in [2.24, 2.45) is 4.99 Å². The molecule has 29 heavy (non-hydrogen) atoms. The number of anilines is 2. The van der Waals surface area contributed by atoms with Crippen molar-refractivity contribution in [3.63, 3.8) is 0 Å². The van der Waals surface area contributed by atoms with Crippen LogP contribution in [0.1, 0.15) is 22.3 Å². The lowest BCUT2D eigenvalue weighted by Gasteiger charge is -2.13. The summed E-state index contributed by atoms with van der Waals surface area (Å²) in [7, 11) is 0. The van der Waals surface area contributed by atoms with Gasteiger partial charge in [0.05, 0.1) is 5.69 Å². The van der Waals surface area contributed by atoms with E-state index in [0.29, 0.717) is 17.0 Å². The molecule has 0 amide bonds. The fourth-order valence-electron chi connectivity index (χ4n) is 3.21. The second-order valence-electron chi connectivity index (χ2n) is 7.05. The maximum Gasteiger partial charge on any atom is 0.268 e. The number of aliphatic imine (C=N–C) groups is 1. The van der Waals surface area contributed by atoms with Crippen LogP contribution < -0.4 is 10.9 Å². The van der Waals surface area contributed by atoms with Gasteiger partial charge in [0, 0.05) is 18.1 Å². The predicted molar refractivity (Wildman–Crippen MR) is 119 cm³/mol. The van der Waals surface area contributed by atoms with Crippen LogP contribution in [0.3, 0.4) is 0 Å². The molecule has 5 heteroatoms. The molecule has 0 unspecified atom stereocenters. The summed E-state index contributed by atoms with van der Waals surface area (Å²) >= 11 is 0. The van der Waals surface area contributed by atoms with E-state index >= 15 is 0 Å². The first kappa shape index (κ1) is 18.6. The van der Waals surface area contributed by atoms with Crippen LogP contribution in [-0.4, -0.2) is 15.6 Å². The van der Waals surface area contributed by atoms with Gasteiger partial charge < -0.3 is 5.32 Å². The molecule has 5 nitrogen and oxygen atoms in total. The quantitative estimate of drug-likeness (QED) is 0.499. The first-order valence-corrected chi connectivity index (χ1v) is 9.49. The van der Waals surface area contributed by atoms with Crippen LogP contribution in [0, 0.1) is 20.8 Å². The molecule has 0 spiro atoms. The lowest BCUT2D eigenvalue weighted by molar-refractivity contribution is 1.03. The summed E-state index contributed by atoms with van der Waals surface area (Å²) in [5, 5.41) is 3.34. The van der Waals surface area contributed by atoms with Gasteiger partial charge in [0.1, 0.15) is 17.0 Å². The number of pyridine rings is 1. The molecule has 1 N–H and O–H groups in total. The Morgan fingerprint density at radius 1 is 0.897 bits per heavy atom. The fourth-order valence-corrected chi connectivity index (χ4v) is 3.21. The van der Waals surface area contributed by atoms with E-state index in [4.69, 9.17) is 4.98 Å². The van der Waals surface area contributed by atoms with Gasteiger partial charge in [-0.2, -0.15) is 0 Å². The first-order valence-electron chi connectivity index (χ1n) is 9.49. The van der Waals surface area contributed by atoms with Gasteiger partial charge in [-0.1, -0.05) is 42.5 Å². The molecule has 0 aliphatic rings. The van der Waals surface area contributed by atoms with Crippen molar-refractivity contribution < 1.29 is 0 Å². The molecule has 144 valence electrons. The number of aromatic nitrogens is 2. The molecule has 0 aliphatic carbocycles. The minimum Gasteiger partial charge on any atom is -0.339 e. The highest BCUT2D eigenvalue weighted by molar-refractivity contribution is 5.89. The van der Waals surface area contributed by atoms with Crippen LogP contribution in [0.2, 0.25) is 0 Å². The lowest BCUT2D eigenvalue weighted by atomic mass is 10.2. The van der Waals surface area contributed by atoms with Crippen molar-refractivity contribution in [3.8, 4) is 0 Å². The van der Waals surface area contributed by atoms with Crippen molar-refractivity contribution in [2.45, 2.75) is 20.8 Å². The zero-order valence-electron chi connectivity index (χ0n) is 16.7. The number of hydrogen-bond donors (Lipinski definition) is 1. The zero-order chi connectivity index (χ0) is 20.4. The summed E-state index contributed by atoms with van der Waals surface area (Å²) < 4.78 is 1.57. The van der Waals surface area contributed by atoms with E-state index in [2.05, 4.69) is 10.3 Å². The minimum absolute atomic E-state index is 0.160. The van der Waals surface area contributed by atoms with Crippen molar-refractivity contribution in [2.75, 3.05) is 5.32 Å². The van der Waals surface area contributed by atoms with E-state index in [-0.39, 0.29) is 5.56 Å². The molecule has 4 aromatic rings. The number of nitrogens with one attached hydrogen (secondary N) is 1. The second kappa shape index (κ2) is 7.72. The monoisotopic (exact) mass is 382 g/mol. The Morgan fingerprint density at radius 2 is 1.59 bits per heavy atom. The van der Waals surface area contributed by atoms with Gasteiger partial charge >= 0.3 is 0 Å². The van der Waals surface area contributed by atoms with Crippen molar-refractivity contribution >= 4 is 29.1 Å². The highest BCUT2D eigenvalue weighted by Crippen LogP contribution is 2.22. The Hall–Kier alpha value is -3.73. The topological polar surface area (TPSA) is 58.8 Å². The van der Waals surface area contributed by atoms with Crippen LogP contribution in [-0.2, 0) is 0 Å². The third-order valence-corrected chi connectivity index (χ3v) is 4.93.